The third kappa shape index (κ3) is 2.98. The second-order valence-corrected chi connectivity index (χ2v) is 4.84. The van der Waals surface area contributed by atoms with Gasteiger partial charge in [0.1, 0.15) is 5.75 Å². The summed E-state index contributed by atoms with van der Waals surface area (Å²) >= 11 is 11.9. The van der Waals surface area contributed by atoms with Crippen LogP contribution in [0.1, 0.15) is 10.4 Å². The molecule has 4 nitrogen and oxygen atoms in total. The van der Waals surface area contributed by atoms with E-state index in [9.17, 15) is 4.79 Å². The van der Waals surface area contributed by atoms with Crippen molar-refractivity contribution in [2.24, 2.45) is 0 Å². The number of rotatable bonds is 3. The van der Waals surface area contributed by atoms with Crippen molar-refractivity contribution in [3.05, 3.63) is 52.0 Å². The topological polar surface area (TPSA) is 64.3 Å². The minimum absolute atomic E-state index is 0.269. The molecule has 3 N–H and O–H groups in total. The Morgan fingerprint density at radius 3 is 2.70 bits per heavy atom. The summed E-state index contributed by atoms with van der Waals surface area (Å²) in [5.74, 6) is 0.0559. The van der Waals surface area contributed by atoms with Gasteiger partial charge in [-0.25, -0.2) is 0 Å². The van der Waals surface area contributed by atoms with E-state index in [-0.39, 0.29) is 11.6 Å². The number of hydrogen-bond acceptors (Lipinski definition) is 3. The van der Waals surface area contributed by atoms with Gasteiger partial charge < -0.3 is 15.8 Å². The van der Waals surface area contributed by atoms with Gasteiger partial charge in [-0.2, -0.15) is 0 Å². The molecule has 2 aromatic rings. The van der Waals surface area contributed by atoms with E-state index in [0.29, 0.717) is 27.0 Å². The minimum Gasteiger partial charge on any atom is -0.495 e. The lowest BCUT2D eigenvalue weighted by Crippen LogP contribution is -2.14. The zero-order valence-corrected chi connectivity index (χ0v) is 12.1. The third-order valence-electron chi connectivity index (χ3n) is 2.71. The molecule has 2 rings (SSSR count). The van der Waals surface area contributed by atoms with Gasteiger partial charge in [0.05, 0.1) is 29.1 Å². The van der Waals surface area contributed by atoms with Crippen molar-refractivity contribution in [3.63, 3.8) is 0 Å². The molecule has 0 heterocycles. The van der Waals surface area contributed by atoms with Crippen molar-refractivity contribution < 1.29 is 9.53 Å². The smallest absolute Gasteiger partial charge is 0.257 e. The van der Waals surface area contributed by atoms with Gasteiger partial charge in [0.2, 0.25) is 0 Å². The van der Waals surface area contributed by atoms with Crippen molar-refractivity contribution in [2.45, 2.75) is 0 Å². The number of halogens is 2. The van der Waals surface area contributed by atoms with E-state index >= 15 is 0 Å². The number of nitrogen functional groups attached to an aromatic ring is 1. The summed E-state index contributed by atoms with van der Waals surface area (Å²) < 4.78 is 5.08. The third-order valence-corrected chi connectivity index (χ3v) is 3.27. The van der Waals surface area contributed by atoms with E-state index in [1.54, 1.807) is 36.4 Å². The average molecular weight is 311 g/mol. The first-order chi connectivity index (χ1) is 9.52. The van der Waals surface area contributed by atoms with Gasteiger partial charge in [-0.05, 0) is 30.3 Å². The van der Waals surface area contributed by atoms with Crippen molar-refractivity contribution in [1.82, 2.24) is 0 Å². The van der Waals surface area contributed by atoms with Crippen molar-refractivity contribution in [3.8, 4) is 5.75 Å². The summed E-state index contributed by atoms with van der Waals surface area (Å²) in [6.45, 7) is 0. The Balaban J connectivity index is 2.31. The molecule has 0 spiro atoms. The fourth-order valence-corrected chi connectivity index (χ4v) is 2.04. The number of carbonyl (C=O) groups excluding carboxylic acids is 1. The normalized spacial score (nSPS) is 10.2. The summed E-state index contributed by atoms with van der Waals surface area (Å²) in [7, 11) is 1.49. The fraction of sp³-hybridized carbons (Fsp3) is 0.0714. The second kappa shape index (κ2) is 6.03. The molecule has 6 heteroatoms. The lowest BCUT2D eigenvalue weighted by atomic mass is 10.1. The Bertz CT molecular complexity index is 660. The second-order valence-electron chi connectivity index (χ2n) is 4.00. The number of ether oxygens (including phenoxy) is 1. The molecule has 0 saturated heterocycles. The number of benzene rings is 2. The van der Waals surface area contributed by atoms with Crippen LogP contribution in [-0.2, 0) is 0 Å². The van der Waals surface area contributed by atoms with Gasteiger partial charge in [0, 0.05) is 5.02 Å². The lowest BCUT2D eigenvalue weighted by molar-refractivity contribution is 0.102. The van der Waals surface area contributed by atoms with Crippen molar-refractivity contribution >= 4 is 40.5 Å². The monoisotopic (exact) mass is 310 g/mol. The maximum absolute atomic E-state index is 12.2. The van der Waals surface area contributed by atoms with Crippen LogP contribution in [0.5, 0.6) is 5.75 Å². The molecule has 0 saturated carbocycles. The average Bonchev–Trinajstić information content (AvgIpc) is 2.43. The van der Waals surface area contributed by atoms with Crippen LogP contribution in [0.15, 0.2) is 36.4 Å². The molecule has 104 valence electrons. The Hall–Kier alpha value is -1.91. The highest BCUT2D eigenvalue weighted by Crippen LogP contribution is 2.28. The van der Waals surface area contributed by atoms with Crippen LogP contribution in [0.4, 0.5) is 11.4 Å². The van der Waals surface area contributed by atoms with Gasteiger partial charge in [0.25, 0.3) is 5.91 Å². The first-order valence-corrected chi connectivity index (χ1v) is 6.47. The number of carbonyl (C=O) groups is 1. The Labute approximate surface area is 126 Å². The molecular weight excluding hydrogens is 299 g/mol. The first-order valence-electron chi connectivity index (χ1n) is 5.72. The highest BCUT2D eigenvalue weighted by molar-refractivity contribution is 6.36. The largest absolute Gasteiger partial charge is 0.495 e. The van der Waals surface area contributed by atoms with Gasteiger partial charge in [-0.15, -0.1) is 0 Å². The summed E-state index contributed by atoms with van der Waals surface area (Å²) in [5.41, 5.74) is 6.87. The van der Waals surface area contributed by atoms with Crippen LogP contribution in [0, 0.1) is 0 Å². The number of nitrogens with one attached hydrogen (secondary N) is 1. The summed E-state index contributed by atoms with van der Waals surface area (Å²) in [4.78, 5) is 12.2. The molecule has 1 amide bonds. The summed E-state index contributed by atoms with van der Waals surface area (Å²) in [6.07, 6.45) is 0. The Kier molecular flexibility index (Phi) is 4.37. The predicted octanol–water partition coefficient (Wildman–Crippen LogP) is 3.84. The van der Waals surface area contributed by atoms with E-state index in [4.69, 9.17) is 33.7 Å². The van der Waals surface area contributed by atoms with Gasteiger partial charge >= 0.3 is 0 Å². The molecule has 0 aliphatic carbocycles. The van der Waals surface area contributed by atoms with Crippen LogP contribution in [0.25, 0.3) is 0 Å². The SMILES string of the molecule is COc1cccc(C(=O)Nc2cc(Cl)ccc2Cl)c1N. The molecular formula is C14H12Cl2N2O2. The number of anilines is 2. The van der Waals surface area contributed by atoms with Crippen LogP contribution in [0.3, 0.4) is 0 Å². The van der Waals surface area contributed by atoms with Crippen molar-refractivity contribution in [2.75, 3.05) is 18.2 Å². The zero-order valence-electron chi connectivity index (χ0n) is 10.6. The van der Waals surface area contributed by atoms with Gasteiger partial charge in [0.15, 0.2) is 0 Å². The van der Waals surface area contributed by atoms with E-state index in [1.165, 1.54) is 7.11 Å². The molecule has 0 aromatic heterocycles. The van der Waals surface area contributed by atoms with Crippen LogP contribution in [0.2, 0.25) is 10.0 Å². The summed E-state index contributed by atoms with van der Waals surface area (Å²) in [6, 6.07) is 9.78. The van der Waals surface area contributed by atoms with E-state index in [1.807, 2.05) is 0 Å². The fourth-order valence-electron chi connectivity index (χ4n) is 1.70. The Morgan fingerprint density at radius 1 is 1.25 bits per heavy atom. The lowest BCUT2D eigenvalue weighted by Gasteiger charge is -2.11. The molecule has 0 aliphatic heterocycles. The molecule has 2 aromatic carbocycles. The van der Waals surface area contributed by atoms with Gasteiger partial charge in [-0.3, -0.25) is 4.79 Å². The highest BCUT2D eigenvalue weighted by atomic mass is 35.5. The first kappa shape index (κ1) is 14.5. The van der Waals surface area contributed by atoms with E-state index in [0.717, 1.165) is 0 Å². The molecule has 0 atom stereocenters. The summed E-state index contributed by atoms with van der Waals surface area (Å²) in [5, 5.41) is 3.54. The highest BCUT2D eigenvalue weighted by Gasteiger charge is 2.14. The maximum atomic E-state index is 12.2. The van der Waals surface area contributed by atoms with E-state index < -0.39 is 0 Å². The number of amides is 1. The van der Waals surface area contributed by atoms with Crippen LogP contribution in [-0.4, -0.2) is 13.0 Å². The zero-order chi connectivity index (χ0) is 14.7. The van der Waals surface area contributed by atoms with Crippen LogP contribution >= 0.6 is 23.2 Å². The maximum Gasteiger partial charge on any atom is 0.257 e. The van der Waals surface area contributed by atoms with Gasteiger partial charge in [-0.1, -0.05) is 29.3 Å². The molecule has 0 bridgehead atoms. The molecule has 20 heavy (non-hydrogen) atoms. The number of hydrogen-bond donors (Lipinski definition) is 2. The number of nitrogens with two attached hydrogens (primary N) is 1. The molecule has 0 fully saturated rings. The molecule has 0 aliphatic rings. The van der Waals surface area contributed by atoms with Crippen molar-refractivity contribution in [1.29, 1.82) is 0 Å². The predicted molar refractivity (Wildman–Crippen MR) is 81.8 cm³/mol. The quantitative estimate of drug-likeness (QED) is 0.847. The molecule has 0 radical (unpaired) electrons. The number of para-hydroxylation sites is 1. The van der Waals surface area contributed by atoms with Crippen LogP contribution < -0.4 is 15.8 Å². The molecule has 0 unspecified atom stereocenters. The number of methoxy groups -OCH3 is 1. The minimum atomic E-state index is -0.384. The van der Waals surface area contributed by atoms with E-state index in [2.05, 4.69) is 5.32 Å². The standard InChI is InChI=1S/C14H12Cl2N2O2/c1-20-12-4-2-3-9(13(12)17)14(19)18-11-7-8(15)5-6-10(11)16/h2-7H,17H2,1H3,(H,18,19). The Morgan fingerprint density at radius 2 is 2.00 bits per heavy atom.